The molecule has 0 unspecified atom stereocenters. The van der Waals surface area contributed by atoms with Gasteiger partial charge in [0.05, 0.1) is 5.69 Å². The van der Waals surface area contributed by atoms with Crippen LogP contribution in [0.5, 0.6) is 0 Å². The maximum Gasteiger partial charge on any atom is 0.244 e. The Balaban J connectivity index is 1.54. The molecule has 1 heterocycles. The zero-order valence-electron chi connectivity index (χ0n) is 12.6. The van der Waals surface area contributed by atoms with Gasteiger partial charge >= 0.3 is 0 Å². The van der Waals surface area contributed by atoms with Crippen LogP contribution in [-0.4, -0.2) is 15.7 Å². The second-order valence-corrected chi connectivity index (χ2v) is 5.08. The molecule has 0 bridgehead atoms. The maximum absolute atomic E-state index is 11.8. The molecule has 1 amide bonds. The van der Waals surface area contributed by atoms with Gasteiger partial charge < -0.3 is 5.32 Å². The minimum atomic E-state index is -0.106. The monoisotopic (exact) mass is 303 g/mol. The van der Waals surface area contributed by atoms with Gasteiger partial charge in [0.15, 0.2) is 0 Å². The van der Waals surface area contributed by atoms with Crippen LogP contribution in [0, 0.1) is 0 Å². The molecule has 0 saturated carbocycles. The van der Waals surface area contributed by atoms with E-state index in [2.05, 4.69) is 10.4 Å². The normalized spacial score (nSPS) is 10.8. The summed E-state index contributed by atoms with van der Waals surface area (Å²) in [7, 11) is 0. The number of aromatic nitrogens is 2. The topological polar surface area (TPSA) is 46.9 Å². The Morgan fingerprint density at radius 1 is 1.04 bits per heavy atom. The fraction of sp³-hybridized carbons (Fsp3) is 0.0526. The molecule has 4 heteroatoms. The molecule has 4 nitrogen and oxygen atoms in total. The largest absolute Gasteiger partial charge is 0.348 e. The van der Waals surface area contributed by atoms with Gasteiger partial charge in [-0.25, -0.2) is 4.68 Å². The van der Waals surface area contributed by atoms with Crippen LogP contribution in [0.4, 0.5) is 0 Å². The predicted molar refractivity (Wildman–Crippen MR) is 90.9 cm³/mol. The van der Waals surface area contributed by atoms with Crippen molar-refractivity contribution in [3.05, 3.63) is 90.3 Å². The lowest BCUT2D eigenvalue weighted by Gasteiger charge is -2.05. The molecule has 23 heavy (non-hydrogen) atoms. The number of carbonyl (C=O) groups excluding carboxylic acids is 1. The Labute approximate surface area is 135 Å². The molecule has 2 aromatic carbocycles. The summed E-state index contributed by atoms with van der Waals surface area (Å²) in [5.74, 6) is -0.106. The van der Waals surface area contributed by atoms with Gasteiger partial charge in [-0.15, -0.1) is 0 Å². The maximum atomic E-state index is 11.8. The summed E-state index contributed by atoms with van der Waals surface area (Å²) < 4.78 is 1.80. The van der Waals surface area contributed by atoms with Gasteiger partial charge in [0.2, 0.25) is 5.91 Å². The van der Waals surface area contributed by atoms with E-state index in [0.717, 1.165) is 16.8 Å². The third kappa shape index (κ3) is 4.17. The van der Waals surface area contributed by atoms with Crippen molar-refractivity contribution in [1.82, 2.24) is 15.1 Å². The molecule has 3 aromatic rings. The standard InChI is InChI=1S/C19H17N3O/c23-19(12-9-16-5-2-1-3-6-16)20-15-17-7-10-18(11-8-17)22-14-4-13-21-22/h1-14H,15H2,(H,20,23)/b12-9+. The molecule has 0 atom stereocenters. The Hall–Kier alpha value is -3.14. The number of hydrogen-bond donors (Lipinski definition) is 1. The minimum absolute atomic E-state index is 0.106. The van der Waals surface area contributed by atoms with Gasteiger partial charge in [-0.3, -0.25) is 4.79 Å². The Morgan fingerprint density at radius 3 is 2.52 bits per heavy atom. The van der Waals surface area contributed by atoms with Crippen molar-refractivity contribution in [2.75, 3.05) is 0 Å². The van der Waals surface area contributed by atoms with Crippen molar-refractivity contribution in [3.63, 3.8) is 0 Å². The zero-order valence-corrected chi connectivity index (χ0v) is 12.6. The van der Waals surface area contributed by atoms with Crippen LogP contribution in [-0.2, 0) is 11.3 Å². The van der Waals surface area contributed by atoms with Crippen molar-refractivity contribution in [1.29, 1.82) is 0 Å². The van der Waals surface area contributed by atoms with Gasteiger partial charge in [-0.2, -0.15) is 5.10 Å². The van der Waals surface area contributed by atoms with Crippen molar-refractivity contribution in [2.24, 2.45) is 0 Å². The van der Waals surface area contributed by atoms with Crippen LogP contribution in [0.15, 0.2) is 79.1 Å². The highest BCUT2D eigenvalue weighted by atomic mass is 16.1. The summed E-state index contributed by atoms with van der Waals surface area (Å²) in [5.41, 5.74) is 3.04. The van der Waals surface area contributed by atoms with E-state index in [0.29, 0.717) is 6.54 Å². The average molecular weight is 303 g/mol. The van der Waals surface area contributed by atoms with Crippen LogP contribution >= 0.6 is 0 Å². The smallest absolute Gasteiger partial charge is 0.244 e. The molecule has 1 aromatic heterocycles. The van der Waals surface area contributed by atoms with E-state index in [-0.39, 0.29) is 5.91 Å². The highest BCUT2D eigenvalue weighted by Crippen LogP contribution is 2.08. The molecule has 1 N–H and O–H groups in total. The first-order chi connectivity index (χ1) is 11.3. The SMILES string of the molecule is O=C(/C=C/c1ccccc1)NCc1ccc(-n2cccn2)cc1. The second kappa shape index (κ2) is 7.22. The minimum Gasteiger partial charge on any atom is -0.348 e. The average Bonchev–Trinajstić information content (AvgIpc) is 3.14. The van der Waals surface area contributed by atoms with Gasteiger partial charge in [-0.05, 0) is 35.4 Å². The van der Waals surface area contributed by atoms with E-state index in [1.165, 1.54) is 0 Å². The summed E-state index contributed by atoms with van der Waals surface area (Å²) in [6, 6.07) is 19.6. The van der Waals surface area contributed by atoms with Crippen LogP contribution in [0.2, 0.25) is 0 Å². The van der Waals surface area contributed by atoms with E-state index < -0.39 is 0 Å². The first kappa shape index (κ1) is 14.8. The van der Waals surface area contributed by atoms with E-state index in [1.54, 1.807) is 23.0 Å². The van der Waals surface area contributed by atoms with Gasteiger partial charge in [0, 0.05) is 25.0 Å². The number of hydrogen-bond acceptors (Lipinski definition) is 2. The van der Waals surface area contributed by atoms with Gasteiger partial charge in [0.1, 0.15) is 0 Å². The number of rotatable bonds is 5. The summed E-state index contributed by atoms with van der Waals surface area (Å²) >= 11 is 0. The summed E-state index contributed by atoms with van der Waals surface area (Å²) in [4.78, 5) is 11.8. The predicted octanol–water partition coefficient (Wildman–Crippen LogP) is 3.20. The molecule has 3 rings (SSSR count). The molecule has 0 saturated heterocycles. The first-order valence-corrected chi connectivity index (χ1v) is 7.41. The number of amides is 1. The van der Waals surface area contributed by atoms with Crippen LogP contribution in [0.25, 0.3) is 11.8 Å². The van der Waals surface area contributed by atoms with Crippen LogP contribution < -0.4 is 5.32 Å². The van der Waals surface area contributed by atoms with Crippen LogP contribution in [0.3, 0.4) is 0 Å². The van der Waals surface area contributed by atoms with Gasteiger partial charge in [-0.1, -0.05) is 42.5 Å². The van der Waals surface area contributed by atoms with Crippen molar-refractivity contribution < 1.29 is 4.79 Å². The van der Waals surface area contributed by atoms with Crippen molar-refractivity contribution >= 4 is 12.0 Å². The molecule has 0 aliphatic carbocycles. The van der Waals surface area contributed by atoms with Gasteiger partial charge in [0.25, 0.3) is 0 Å². The van der Waals surface area contributed by atoms with Crippen molar-refractivity contribution in [3.8, 4) is 5.69 Å². The Morgan fingerprint density at radius 2 is 1.83 bits per heavy atom. The number of carbonyl (C=O) groups is 1. The third-order valence-electron chi connectivity index (χ3n) is 3.40. The molecular weight excluding hydrogens is 286 g/mol. The summed E-state index contributed by atoms with van der Waals surface area (Å²) in [6.45, 7) is 0.497. The second-order valence-electron chi connectivity index (χ2n) is 5.08. The summed E-state index contributed by atoms with van der Waals surface area (Å²) in [6.07, 6.45) is 6.99. The molecule has 0 aliphatic rings. The molecule has 0 aliphatic heterocycles. The summed E-state index contributed by atoms with van der Waals surface area (Å²) in [5, 5.41) is 7.06. The van der Waals surface area contributed by atoms with E-state index in [4.69, 9.17) is 0 Å². The number of nitrogens with one attached hydrogen (secondary N) is 1. The van der Waals surface area contributed by atoms with Crippen molar-refractivity contribution in [2.45, 2.75) is 6.54 Å². The third-order valence-corrected chi connectivity index (χ3v) is 3.40. The van der Waals surface area contributed by atoms with Crippen LogP contribution in [0.1, 0.15) is 11.1 Å². The Bertz CT molecular complexity index is 775. The quantitative estimate of drug-likeness (QED) is 0.736. The molecule has 0 radical (unpaired) electrons. The lowest BCUT2D eigenvalue weighted by molar-refractivity contribution is -0.116. The fourth-order valence-corrected chi connectivity index (χ4v) is 2.17. The molecular formula is C19H17N3O. The molecule has 0 spiro atoms. The van der Waals surface area contributed by atoms with E-state index in [9.17, 15) is 4.79 Å². The highest BCUT2D eigenvalue weighted by Gasteiger charge is 1.99. The Kier molecular flexibility index (Phi) is 4.64. The lowest BCUT2D eigenvalue weighted by Crippen LogP contribution is -2.20. The number of nitrogens with zero attached hydrogens (tertiary/aromatic N) is 2. The first-order valence-electron chi connectivity index (χ1n) is 7.41. The lowest BCUT2D eigenvalue weighted by atomic mass is 10.2. The number of benzene rings is 2. The molecule has 0 fully saturated rings. The fourth-order valence-electron chi connectivity index (χ4n) is 2.17. The highest BCUT2D eigenvalue weighted by molar-refractivity contribution is 5.91. The van der Waals surface area contributed by atoms with E-state index >= 15 is 0 Å². The zero-order chi connectivity index (χ0) is 15.9. The van der Waals surface area contributed by atoms with E-state index in [1.807, 2.05) is 66.9 Å². The molecule has 114 valence electrons.